The predicted octanol–water partition coefficient (Wildman–Crippen LogP) is 4.35. The third-order valence-corrected chi connectivity index (χ3v) is 5.70. The van der Waals surface area contributed by atoms with Crippen molar-refractivity contribution in [3.63, 3.8) is 0 Å². The van der Waals surface area contributed by atoms with E-state index in [1.54, 1.807) is 38.7 Å². The van der Waals surface area contributed by atoms with Gasteiger partial charge in [-0.3, -0.25) is 9.78 Å². The van der Waals surface area contributed by atoms with Crippen LogP contribution in [0.4, 0.5) is 0 Å². The van der Waals surface area contributed by atoms with Gasteiger partial charge in [0.05, 0.1) is 20.3 Å². The minimum atomic E-state index is -0.143. The summed E-state index contributed by atoms with van der Waals surface area (Å²) in [5, 5.41) is 3.23. The van der Waals surface area contributed by atoms with E-state index in [-0.39, 0.29) is 23.8 Å². The summed E-state index contributed by atoms with van der Waals surface area (Å²) in [6.07, 6.45) is 3.25. The molecular weight excluding hydrogens is 364 g/mol. The summed E-state index contributed by atoms with van der Waals surface area (Å²) in [6, 6.07) is 17.7. The molecule has 0 fully saturated rings. The molecule has 1 aliphatic rings. The van der Waals surface area contributed by atoms with E-state index in [0.29, 0.717) is 17.1 Å². The van der Waals surface area contributed by atoms with Crippen molar-refractivity contribution >= 4 is 5.91 Å². The Hall–Kier alpha value is -3.34. The molecule has 1 N–H and O–H groups in total. The lowest BCUT2D eigenvalue weighted by Crippen LogP contribution is -2.31. The summed E-state index contributed by atoms with van der Waals surface area (Å²) in [5.41, 5.74) is 4.03. The van der Waals surface area contributed by atoms with E-state index in [2.05, 4.69) is 29.4 Å². The summed E-state index contributed by atoms with van der Waals surface area (Å²) in [7, 11) is 3.27. The molecule has 1 heterocycles. The van der Waals surface area contributed by atoms with E-state index in [0.717, 1.165) is 11.1 Å². The maximum absolute atomic E-state index is 12.9. The van der Waals surface area contributed by atoms with Crippen LogP contribution in [0.25, 0.3) is 0 Å². The Bertz CT molecular complexity index is 1010. The fourth-order valence-electron chi connectivity index (χ4n) is 4.29. The monoisotopic (exact) mass is 388 g/mol. The number of rotatable bonds is 5. The lowest BCUT2D eigenvalue weighted by Gasteiger charge is -2.23. The van der Waals surface area contributed by atoms with Gasteiger partial charge in [-0.15, -0.1) is 0 Å². The van der Waals surface area contributed by atoms with Crippen molar-refractivity contribution in [3.05, 3.63) is 89.2 Å². The number of fused-ring (bicyclic) bond motifs is 1. The van der Waals surface area contributed by atoms with Gasteiger partial charge in [-0.2, -0.15) is 0 Å². The minimum Gasteiger partial charge on any atom is -0.493 e. The number of aromatic nitrogens is 1. The summed E-state index contributed by atoms with van der Waals surface area (Å²) in [4.78, 5) is 16.9. The largest absolute Gasteiger partial charge is 0.493 e. The highest BCUT2D eigenvalue weighted by atomic mass is 16.5. The number of carbonyl (C=O) groups is 1. The van der Waals surface area contributed by atoms with E-state index in [1.165, 1.54) is 5.56 Å². The van der Waals surface area contributed by atoms with Crippen LogP contribution in [0.3, 0.4) is 0 Å². The number of carbonyl (C=O) groups excluding carboxylic acids is 1. The second-order valence-electron chi connectivity index (χ2n) is 7.27. The summed E-state index contributed by atoms with van der Waals surface area (Å²) < 4.78 is 11.1. The number of nitrogens with zero attached hydrogens (tertiary/aromatic N) is 1. The minimum absolute atomic E-state index is 0.112. The highest BCUT2D eigenvalue weighted by Gasteiger charge is 2.40. The Labute approximate surface area is 170 Å². The maximum Gasteiger partial charge on any atom is 0.251 e. The Balaban J connectivity index is 1.78. The summed E-state index contributed by atoms with van der Waals surface area (Å²) >= 11 is 0. The van der Waals surface area contributed by atoms with Crippen LogP contribution in [0.5, 0.6) is 11.5 Å². The molecular formula is C24H24N2O3. The lowest BCUT2D eigenvalue weighted by molar-refractivity contribution is 0.0925. The smallest absolute Gasteiger partial charge is 0.251 e. The molecule has 5 heteroatoms. The lowest BCUT2D eigenvalue weighted by atomic mass is 9.86. The first kappa shape index (κ1) is 19.0. The van der Waals surface area contributed by atoms with Gasteiger partial charge in [0.15, 0.2) is 11.5 Å². The maximum atomic E-state index is 12.9. The van der Waals surface area contributed by atoms with Gasteiger partial charge in [-0.1, -0.05) is 37.3 Å². The molecule has 5 nitrogen and oxygen atoms in total. The Morgan fingerprint density at radius 1 is 0.931 bits per heavy atom. The molecule has 3 aromatic rings. The van der Waals surface area contributed by atoms with Crippen LogP contribution in [-0.2, 0) is 0 Å². The number of amides is 1. The molecule has 0 radical (unpaired) electrons. The van der Waals surface area contributed by atoms with E-state index >= 15 is 0 Å². The van der Waals surface area contributed by atoms with Crippen LogP contribution in [0.2, 0.25) is 0 Å². The van der Waals surface area contributed by atoms with Gasteiger partial charge < -0.3 is 14.8 Å². The van der Waals surface area contributed by atoms with E-state index in [4.69, 9.17) is 9.47 Å². The van der Waals surface area contributed by atoms with Crippen molar-refractivity contribution in [3.8, 4) is 11.5 Å². The number of pyridine rings is 1. The van der Waals surface area contributed by atoms with Crippen LogP contribution >= 0.6 is 0 Å². The first-order valence-corrected chi connectivity index (χ1v) is 9.65. The molecule has 2 aromatic carbocycles. The van der Waals surface area contributed by atoms with Crippen LogP contribution in [0, 0.1) is 5.92 Å². The first-order chi connectivity index (χ1) is 14.1. The van der Waals surface area contributed by atoms with Crippen molar-refractivity contribution in [2.75, 3.05) is 14.2 Å². The fourth-order valence-corrected chi connectivity index (χ4v) is 4.29. The van der Waals surface area contributed by atoms with Gasteiger partial charge in [0, 0.05) is 23.9 Å². The average Bonchev–Trinajstić information content (AvgIpc) is 3.04. The van der Waals surface area contributed by atoms with Crippen molar-refractivity contribution in [1.82, 2.24) is 10.3 Å². The van der Waals surface area contributed by atoms with Gasteiger partial charge in [0.2, 0.25) is 0 Å². The zero-order valence-corrected chi connectivity index (χ0v) is 16.8. The molecule has 0 saturated carbocycles. The van der Waals surface area contributed by atoms with Gasteiger partial charge in [0.1, 0.15) is 0 Å². The van der Waals surface area contributed by atoms with Crippen LogP contribution in [-0.4, -0.2) is 25.1 Å². The molecule has 0 spiro atoms. The van der Waals surface area contributed by atoms with Crippen molar-refractivity contribution in [2.45, 2.75) is 18.9 Å². The predicted molar refractivity (Wildman–Crippen MR) is 111 cm³/mol. The van der Waals surface area contributed by atoms with Crippen molar-refractivity contribution < 1.29 is 14.3 Å². The SMILES string of the molecule is COc1cc2c(cc1OC)[C@@H](NC(=O)c1ccncc1)[C@H](C)[C@H]2c1ccccc1. The van der Waals surface area contributed by atoms with Crippen molar-refractivity contribution in [1.29, 1.82) is 0 Å². The van der Waals surface area contributed by atoms with E-state index < -0.39 is 0 Å². The van der Waals surface area contributed by atoms with Crippen LogP contribution < -0.4 is 14.8 Å². The average molecular weight is 388 g/mol. The number of benzene rings is 2. The number of hydrogen-bond acceptors (Lipinski definition) is 4. The number of methoxy groups -OCH3 is 2. The first-order valence-electron chi connectivity index (χ1n) is 9.65. The number of ether oxygens (including phenoxy) is 2. The second-order valence-corrected chi connectivity index (χ2v) is 7.27. The molecule has 4 rings (SSSR count). The number of nitrogens with one attached hydrogen (secondary N) is 1. The molecule has 1 amide bonds. The van der Waals surface area contributed by atoms with Gasteiger partial charge in [-0.05, 0) is 46.9 Å². The highest BCUT2D eigenvalue weighted by Crippen LogP contribution is 2.51. The molecule has 0 bridgehead atoms. The Kier molecular flexibility index (Phi) is 5.21. The van der Waals surface area contributed by atoms with Crippen LogP contribution in [0.1, 0.15) is 45.9 Å². The second kappa shape index (κ2) is 7.95. The zero-order chi connectivity index (χ0) is 20.4. The van der Waals surface area contributed by atoms with Crippen molar-refractivity contribution in [2.24, 2.45) is 5.92 Å². The quantitative estimate of drug-likeness (QED) is 0.706. The molecule has 0 unspecified atom stereocenters. The Morgan fingerprint density at radius 3 is 2.17 bits per heavy atom. The highest BCUT2D eigenvalue weighted by molar-refractivity contribution is 5.94. The molecule has 0 saturated heterocycles. The normalized spacial score (nSPS) is 20.0. The topological polar surface area (TPSA) is 60.5 Å². The Morgan fingerprint density at radius 2 is 1.55 bits per heavy atom. The summed E-state index contributed by atoms with van der Waals surface area (Å²) in [5.74, 6) is 1.55. The molecule has 1 aliphatic carbocycles. The van der Waals surface area contributed by atoms with Crippen LogP contribution in [0.15, 0.2) is 67.0 Å². The van der Waals surface area contributed by atoms with Gasteiger partial charge in [-0.25, -0.2) is 0 Å². The zero-order valence-electron chi connectivity index (χ0n) is 16.8. The molecule has 148 valence electrons. The molecule has 29 heavy (non-hydrogen) atoms. The van der Waals surface area contributed by atoms with E-state index in [1.807, 2.05) is 30.3 Å². The summed E-state index contributed by atoms with van der Waals surface area (Å²) in [6.45, 7) is 2.17. The third kappa shape index (κ3) is 3.44. The third-order valence-electron chi connectivity index (χ3n) is 5.70. The van der Waals surface area contributed by atoms with E-state index in [9.17, 15) is 4.79 Å². The molecule has 3 atom stereocenters. The molecule has 0 aliphatic heterocycles. The molecule has 1 aromatic heterocycles. The van der Waals surface area contributed by atoms with Gasteiger partial charge in [0.25, 0.3) is 5.91 Å². The van der Waals surface area contributed by atoms with Gasteiger partial charge >= 0.3 is 0 Å². The standard InChI is InChI=1S/C24H24N2O3/c1-15-22(16-7-5-4-6-8-16)18-13-20(28-2)21(29-3)14-19(18)23(15)26-24(27)17-9-11-25-12-10-17/h4-15,22-23H,1-3H3,(H,26,27)/t15-,22+,23+/m1/s1. The number of hydrogen-bond donors (Lipinski definition) is 1. The fraction of sp³-hybridized carbons (Fsp3) is 0.250.